The van der Waals surface area contributed by atoms with Gasteiger partial charge in [0.25, 0.3) is 0 Å². The Balaban J connectivity index is 1.37. The fourth-order valence-corrected chi connectivity index (χ4v) is 5.40. The molecule has 4 aromatic rings. The summed E-state index contributed by atoms with van der Waals surface area (Å²) in [6.07, 6.45) is 3.41. The van der Waals surface area contributed by atoms with E-state index in [0.29, 0.717) is 30.2 Å². The number of hydrogen-bond donors (Lipinski definition) is 2. The van der Waals surface area contributed by atoms with Gasteiger partial charge in [-0.25, -0.2) is 24.3 Å². The predicted octanol–water partition coefficient (Wildman–Crippen LogP) is 4.69. The molecule has 11 heteroatoms. The van der Waals surface area contributed by atoms with Gasteiger partial charge in [0.1, 0.15) is 17.3 Å². The molecule has 0 aliphatic carbocycles. The Morgan fingerprint density at radius 1 is 1.19 bits per heavy atom. The molecule has 0 saturated heterocycles. The minimum atomic E-state index is -2.50. The summed E-state index contributed by atoms with van der Waals surface area (Å²) in [4.78, 5) is 20.2. The largest absolute Gasteiger partial charge is 0.326 e. The van der Waals surface area contributed by atoms with Gasteiger partial charge in [0.2, 0.25) is 5.95 Å². The van der Waals surface area contributed by atoms with Crippen LogP contribution in [0.25, 0.3) is 22.3 Å². The van der Waals surface area contributed by atoms with Crippen LogP contribution in [0.5, 0.6) is 0 Å². The zero-order valence-corrected chi connectivity index (χ0v) is 22.3. The molecule has 5 rings (SSSR count). The van der Waals surface area contributed by atoms with Crippen molar-refractivity contribution < 1.29 is 8.60 Å². The van der Waals surface area contributed by atoms with Crippen molar-refractivity contribution in [3.05, 3.63) is 59.4 Å². The lowest BCUT2D eigenvalue weighted by molar-refractivity contribution is 0.267. The smallest absolute Gasteiger partial charge is 0.229 e. The van der Waals surface area contributed by atoms with E-state index in [1.807, 2.05) is 37.3 Å². The average molecular weight is 523 g/mol. The average Bonchev–Trinajstić information content (AvgIpc) is 3.18. The van der Waals surface area contributed by atoms with E-state index in [1.165, 1.54) is 12.5 Å². The highest BCUT2D eigenvalue weighted by atomic mass is 32.2. The van der Waals surface area contributed by atoms with Gasteiger partial charge in [-0.05, 0) is 44.5 Å². The van der Waals surface area contributed by atoms with E-state index in [2.05, 4.69) is 43.6 Å². The van der Waals surface area contributed by atoms with E-state index in [4.69, 9.17) is 9.76 Å². The van der Waals surface area contributed by atoms with E-state index in [1.54, 1.807) is 0 Å². The van der Waals surface area contributed by atoms with Crippen LogP contribution in [0.3, 0.4) is 0 Å². The maximum Gasteiger partial charge on any atom is 0.229 e. The van der Waals surface area contributed by atoms with Gasteiger partial charge in [-0.2, -0.15) is 0 Å². The quantitative estimate of drug-likeness (QED) is 0.362. The number of pyridine rings is 1. The SMILES string of the molecule is Cc1nc2ccc(-c3nc(Nc4ccc5c(n4)CCN(CCS(C)(=N)=O)C5)ncc3F)cc2n1C(C)C. The van der Waals surface area contributed by atoms with Crippen LogP contribution in [-0.4, -0.2) is 58.7 Å². The van der Waals surface area contributed by atoms with Crippen LogP contribution in [-0.2, 0) is 22.7 Å². The molecule has 1 atom stereocenters. The van der Waals surface area contributed by atoms with E-state index in [9.17, 15) is 8.60 Å². The van der Waals surface area contributed by atoms with Crippen molar-refractivity contribution in [2.24, 2.45) is 0 Å². The second-order valence-corrected chi connectivity index (χ2v) is 12.3. The number of nitrogens with one attached hydrogen (secondary N) is 2. The summed E-state index contributed by atoms with van der Waals surface area (Å²) in [7, 11) is -2.50. The third-order valence-electron chi connectivity index (χ3n) is 6.56. The Labute approximate surface area is 216 Å². The summed E-state index contributed by atoms with van der Waals surface area (Å²) in [5, 5.41) is 3.12. The van der Waals surface area contributed by atoms with Crippen LogP contribution in [0.1, 0.15) is 37.0 Å². The molecule has 0 spiro atoms. The summed E-state index contributed by atoms with van der Waals surface area (Å²) < 4.78 is 36.3. The molecule has 9 nitrogen and oxygen atoms in total. The first-order chi connectivity index (χ1) is 17.6. The number of imidazole rings is 1. The highest BCUT2D eigenvalue weighted by Crippen LogP contribution is 2.29. The summed E-state index contributed by atoms with van der Waals surface area (Å²) in [6.45, 7) is 8.30. The van der Waals surface area contributed by atoms with Gasteiger partial charge in [-0.3, -0.25) is 13.9 Å². The topological polar surface area (TPSA) is 113 Å². The Kier molecular flexibility index (Phi) is 6.67. The van der Waals surface area contributed by atoms with E-state index < -0.39 is 15.5 Å². The molecule has 4 heterocycles. The molecule has 2 N–H and O–H groups in total. The van der Waals surface area contributed by atoms with E-state index in [-0.39, 0.29) is 17.7 Å². The molecule has 1 aliphatic heterocycles. The standard InChI is InChI=1S/C26H31FN8OS/c1-16(2)35-17(3)30-22-7-5-18(13-23(22)35)25-20(27)14-29-26(33-25)32-24-8-6-19-15-34(10-9-21(19)31-24)11-12-37(4,28)36/h5-8,13-14,16,28H,9-12,15H2,1-4H3,(H,29,31,32,33). The van der Waals surface area contributed by atoms with E-state index >= 15 is 0 Å². The minimum absolute atomic E-state index is 0.212. The number of nitrogens with zero attached hydrogens (tertiary/aromatic N) is 6. The maximum absolute atomic E-state index is 14.8. The van der Waals surface area contributed by atoms with Gasteiger partial charge in [-0.15, -0.1) is 0 Å². The third kappa shape index (κ3) is 5.47. The second-order valence-electron chi connectivity index (χ2n) is 9.88. The Bertz CT molecular complexity index is 1580. The second kappa shape index (κ2) is 9.79. The molecule has 37 heavy (non-hydrogen) atoms. The molecule has 0 fully saturated rings. The number of aryl methyl sites for hydroxylation is 1. The molecule has 1 unspecified atom stereocenters. The number of anilines is 2. The normalized spacial score (nSPS) is 15.6. The van der Waals surface area contributed by atoms with Gasteiger partial charge < -0.3 is 9.88 Å². The monoisotopic (exact) mass is 522 g/mol. The number of aromatic nitrogens is 5. The lowest BCUT2D eigenvalue weighted by Crippen LogP contribution is -2.34. The van der Waals surface area contributed by atoms with Crippen molar-refractivity contribution in [2.75, 3.05) is 30.4 Å². The van der Waals surface area contributed by atoms with Crippen molar-refractivity contribution in [3.63, 3.8) is 0 Å². The minimum Gasteiger partial charge on any atom is -0.326 e. The first kappa shape index (κ1) is 25.2. The lowest BCUT2D eigenvalue weighted by Gasteiger charge is -2.28. The Morgan fingerprint density at radius 2 is 2.00 bits per heavy atom. The fraction of sp³-hybridized carbons (Fsp3) is 0.385. The van der Waals surface area contributed by atoms with Crippen molar-refractivity contribution in [1.82, 2.24) is 29.4 Å². The van der Waals surface area contributed by atoms with Crippen molar-refractivity contribution in [3.8, 4) is 11.3 Å². The first-order valence-corrected chi connectivity index (χ1v) is 14.4. The van der Waals surface area contributed by atoms with Gasteiger partial charge in [-0.1, -0.05) is 12.1 Å². The van der Waals surface area contributed by atoms with Crippen LogP contribution in [0.4, 0.5) is 16.2 Å². The van der Waals surface area contributed by atoms with E-state index in [0.717, 1.165) is 41.1 Å². The molecule has 0 bridgehead atoms. The summed E-state index contributed by atoms with van der Waals surface area (Å²) in [5.74, 6) is 1.64. The highest BCUT2D eigenvalue weighted by Gasteiger charge is 2.19. The predicted molar refractivity (Wildman–Crippen MR) is 144 cm³/mol. The van der Waals surface area contributed by atoms with Gasteiger partial charge in [0, 0.05) is 65.1 Å². The molecule has 1 aliphatic rings. The third-order valence-corrected chi connectivity index (χ3v) is 7.53. The van der Waals surface area contributed by atoms with Gasteiger partial charge >= 0.3 is 0 Å². The molecule has 194 valence electrons. The number of fused-ring (bicyclic) bond motifs is 2. The van der Waals surface area contributed by atoms with Crippen LogP contribution >= 0.6 is 0 Å². The highest BCUT2D eigenvalue weighted by molar-refractivity contribution is 7.91. The summed E-state index contributed by atoms with van der Waals surface area (Å²) >= 11 is 0. The molecule has 1 aromatic carbocycles. The van der Waals surface area contributed by atoms with Gasteiger partial charge in [0.05, 0.1) is 17.2 Å². The molecular weight excluding hydrogens is 491 g/mol. The van der Waals surface area contributed by atoms with Gasteiger partial charge in [0.15, 0.2) is 5.82 Å². The first-order valence-electron chi connectivity index (χ1n) is 12.3. The number of benzene rings is 1. The summed E-state index contributed by atoms with van der Waals surface area (Å²) in [5.41, 5.74) is 4.75. The van der Waals surface area contributed by atoms with Crippen molar-refractivity contribution >= 4 is 32.5 Å². The fourth-order valence-electron chi connectivity index (χ4n) is 4.80. The number of rotatable bonds is 7. The molecular formula is C26H31FN8OS. The summed E-state index contributed by atoms with van der Waals surface area (Å²) in [6, 6.07) is 9.73. The van der Waals surface area contributed by atoms with Crippen molar-refractivity contribution in [2.45, 2.75) is 39.8 Å². The number of hydrogen-bond acceptors (Lipinski definition) is 8. The van der Waals surface area contributed by atoms with Crippen molar-refractivity contribution in [1.29, 1.82) is 4.78 Å². The Hall–Kier alpha value is -3.44. The Morgan fingerprint density at radius 3 is 2.76 bits per heavy atom. The molecule has 3 aromatic heterocycles. The molecule has 0 radical (unpaired) electrons. The van der Waals surface area contributed by atoms with Crippen LogP contribution in [0.15, 0.2) is 36.5 Å². The van der Waals surface area contributed by atoms with Crippen LogP contribution in [0.2, 0.25) is 0 Å². The zero-order valence-electron chi connectivity index (χ0n) is 21.5. The van der Waals surface area contributed by atoms with Crippen LogP contribution < -0.4 is 5.32 Å². The van der Waals surface area contributed by atoms with Crippen LogP contribution in [0, 0.1) is 17.5 Å². The molecule has 0 amide bonds. The molecule has 0 saturated carbocycles. The zero-order chi connectivity index (χ0) is 26.3. The number of halogens is 1. The maximum atomic E-state index is 14.8. The lowest BCUT2D eigenvalue weighted by atomic mass is 10.1.